The summed E-state index contributed by atoms with van der Waals surface area (Å²) in [4.78, 5) is 26.7. The topological polar surface area (TPSA) is 88.5 Å². The summed E-state index contributed by atoms with van der Waals surface area (Å²) in [5.74, 6) is -0.844. The lowest BCUT2D eigenvalue weighted by atomic mass is 10.2. The van der Waals surface area contributed by atoms with Crippen LogP contribution in [0.5, 0.6) is 5.75 Å². The number of nitrogens with one attached hydrogen (secondary N) is 1. The Balaban J connectivity index is 2.11. The molecule has 0 bridgehead atoms. The lowest BCUT2D eigenvalue weighted by molar-refractivity contribution is -0.136. The highest BCUT2D eigenvalue weighted by Gasteiger charge is 2.14. The number of thiazole rings is 1. The number of nitrogens with zero attached hydrogens (tertiary/aromatic N) is 1. The number of hydrogen-bond donors (Lipinski definition) is 2. The lowest BCUT2D eigenvalue weighted by Crippen LogP contribution is -2.13. The Morgan fingerprint density at radius 2 is 2.15 bits per heavy atom. The fourth-order valence-corrected chi connectivity index (χ4v) is 2.30. The van der Waals surface area contributed by atoms with Crippen LogP contribution in [0, 0.1) is 0 Å². The molecule has 1 heterocycles. The molecule has 0 aliphatic carbocycles. The molecule has 20 heavy (non-hydrogen) atoms. The number of anilines is 1. The van der Waals surface area contributed by atoms with Gasteiger partial charge in [-0.25, -0.2) is 4.98 Å². The number of ether oxygens (including phenoxy) is 1. The van der Waals surface area contributed by atoms with Crippen molar-refractivity contribution in [2.24, 2.45) is 0 Å². The first-order valence-electron chi connectivity index (χ1n) is 5.70. The number of amides is 1. The molecule has 0 atom stereocenters. The van der Waals surface area contributed by atoms with Gasteiger partial charge in [0.05, 0.1) is 24.8 Å². The predicted octanol–water partition coefficient (Wildman–Crippen LogP) is 2.03. The van der Waals surface area contributed by atoms with E-state index in [9.17, 15) is 9.59 Å². The van der Waals surface area contributed by atoms with Crippen LogP contribution in [-0.4, -0.2) is 29.1 Å². The van der Waals surface area contributed by atoms with Crippen molar-refractivity contribution in [1.82, 2.24) is 4.98 Å². The monoisotopic (exact) mass is 292 g/mol. The Morgan fingerprint density at radius 1 is 1.40 bits per heavy atom. The highest BCUT2D eigenvalue weighted by atomic mass is 32.1. The van der Waals surface area contributed by atoms with E-state index < -0.39 is 5.97 Å². The van der Waals surface area contributed by atoms with Gasteiger partial charge in [-0.2, -0.15) is 0 Å². The third-order valence-corrected chi connectivity index (χ3v) is 3.26. The van der Waals surface area contributed by atoms with Crippen LogP contribution in [0.2, 0.25) is 0 Å². The second-order valence-corrected chi connectivity index (χ2v) is 4.73. The minimum atomic E-state index is -0.960. The van der Waals surface area contributed by atoms with Crippen LogP contribution < -0.4 is 10.1 Å². The molecule has 1 aromatic carbocycles. The molecule has 0 unspecified atom stereocenters. The molecule has 0 aliphatic heterocycles. The maximum absolute atomic E-state index is 12.1. The predicted molar refractivity (Wildman–Crippen MR) is 74.4 cm³/mol. The minimum Gasteiger partial charge on any atom is -0.496 e. The number of carbonyl (C=O) groups excluding carboxylic acids is 1. The molecule has 0 saturated carbocycles. The number of aliphatic carboxylic acids is 1. The molecule has 2 N–H and O–H groups in total. The molecular formula is C13H12N2O4S. The SMILES string of the molecule is COc1ccccc1C(=O)Nc1nc(CC(=O)O)cs1. The third kappa shape index (κ3) is 3.33. The van der Waals surface area contributed by atoms with Gasteiger partial charge >= 0.3 is 5.97 Å². The number of aromatic nitrogens is 1. The second-order valence-electron chi connectivity index (χ2n) is 3.87. The fraction of sp³-hybridized carbons (Fsp3) is 0.154. The number of para-hydroxylation sites is 1. The van der Waals surface area contributed by atoms with E-state index in [2.05, 4.69) is 10.3 Å². The quantitative estimate of drug-likeness (QED) is 0.880. The van der Waals surface area contributed by atoms with Gasteiger partial charge in [0.2, 0.25) is 0 Å². The Labute approximate surface area is 119 Å². The molecule has 0 fully saturated rings. The first-order chi connectivity index (χ1) is 9.60. The number of methoxy groups -OCH3 is 1. The van der Waals surface area contributed by atoms with E-state index in [0.29, 0.717) is 22.1 Å². The fourth-order valence-electron chi connectivity index (χ4n) is 1.60. The van der Waals surface area contributed by atoms with Gasteiger partial charge in [0.1, 0.15) is 5.75 Å². The van der Waals surface area contributed by atoms with Crippen molar-refractivity contribution < 1.29 is 19.4 Å². The zero-order chi connectivity index (χ0) is 14.5. The van der Waals surface area contributed by atoms with Gasteiger partial charge in [-0.05, 0) is 12.1 Å². The molecule has 7 heteroatoms. The average Bonchev–Trinajstić information content (AvgIpc) is 2.85. The number of hydrogen-bond acceptors (Lipinski definition) is 5. The number of rotatable bonds is 5. The molecule has 0 saturated heterocycles. The van der Waals surface area contributed by atoms with E-state index in [-0.39, 0.29) is 12.3 Å². The van der Waals surface area contributed by atoms with Crippen molar-refractivity contribution in [3.05, 3.63) is 40.9 Å². The van der Waals surface area contributed by atoms with Gasteiger partial charge in [0, 0.05) is 5.38 Å². The highest BCUT2D eigenvalue weighted by molar-refractivity contribution is 7.14. The van der Waals surface area contributed by atoms with Gasteiger partial charge in [-0.15, -0.1) is 11.3 Å². The molecule has 1 aromatic heterocycles. The zero-order valence-electron chi connectivity index (χ0n) is 10.6. The average molecular weight is 292 g/mol. The standard InChI is InChI=1S/C13H12N2O4S/c1-19-10-5-3-2-4-9(10)12(18)15-13-14-8(7-20-13)6-11(16)17/h2-5,7H,6H2,1H3,(H,16,17)(H,14,15,18). The molecule has 1 amide bonds. The molecule has 0 spiro atoms. The number of benzene rings is 1. The molecular weight excluding hydrogens is 280 g/mol. The molecule has 6 nitrogen and oxygen atoms in total. The van der Waals surface area contributed by atoms with Gasteiger partial charge in [0.15, 0.2) is 5.13 Å². The first-order valence-corrected chi connectivity index (χ1v) is 6.58. The van der Waals surface area contributed by atoms with Crippen molar-refractivity contribution >= 4 is 28.3 Å². The van der Waals surface area contributed by atoms with Gasteiger partial charge in [-0.1, -0.05) is 12.1 Å². The van der Waals surface area contributed by atoms with Crippen LogP contribution in [-0.2, 0) is 11.2 Å². The van der Waals surface area contributed by atoms with Gasteiger partial charge < -0.3 is 9.84 Å². The van der Waals surface area contributed by atoms with Crippen molar-refractivity contribution in [3.8, 4) is 5.75 Å². The summed E-state index contributed by atoms with van der Waals surface area (Å²) < 4.78 is 5.11. The summed E-state index contributed by atoms with van der Waals surface area (Å²) in [5, 5.41) is 13.2. The number of carboxylic acids is 1. The normalized spacial score (nSPS) is 10.1. The van der Waals surface area contributed by atoms with E-state index in [0.717, 1.165) is 0 Å². The third-order valence-electron chi connectivity index (χ3n) is 2.46. The Bertz CT molecular complexity index is 639. The van der Waals surface area contributed by atoms with Crippen molar-refractivity contribution in [3.63, 3.8) is 0 Å². The van der Waals surface area contributed by atoms with E-state index >= 15 is 0 Å². The second kappa shape index (κ2) is 6.16. The Morgan fingerprint density at radius 3 is 2.85 bits per heavy atom. The molecule has 104 valence electrons. The van der Waals surface area contributed by atoms with Crippen molar-refractivity contribution in [2.45, 2.75) is 6.42 Å². The number of carboxylic acid groups (broad SMARTS) is 1. The summed E-state index contributed by atoms with van der Waals surface area (Å²) in [7, 11) is 1.49. The van der Waals surface area contributed by atoms with E-state index in [4.69, 9.17) is 9.84 Å². The van der Waals surface area contributed by atoms with E-state index in [1.165, 1.54) is 18.4 Å². The summed E-state index contributed by atoms with van der Waals surface area (Å²) in [6, 6.07) is 6.83. The van der Waals surface area contributed by atoms with Crippen LogP contribution >= 0.6 is 11.3 Å². The number of carbonyl (C=O) groups is 2. The smallest absolute Gasteiger partial charge is 0.309 e. The van der Waals surface area contributed by atoms with Crippen LogP contribution in [0.25, 0.3) is 0 Å². The molecule has 0 aliphatic rings. The maximum Gasteiger partial charge on any atom is 0.309 e. The Kier molecular flexibility index (Phi) is 4.31. The summed E-state index contributed by atoms with van der Waals surface area (Å²) in [6.07, 6.45) is -0.166. The van der Waals surface area contributed by atoms with Crippen molar-refractivity contribution in [2.75, 3.05) is 12.4 Å². The molecule has 2 aromatic rings. The van der Waals surface area contributed by atoms with Gasteiger partial charge in [-0.3, -0.25) is 14.9 Å². The summed E-state index contributed by atoms with van der Waals surface area (Å²) in [5.41, 5.74) is 0.808. The van der Waals surface area contributed by atoms with Crippen LogP contribution in [0.15, 0.2) is 29.6 Å². The molecule has 2 rings (SSSR count). The largest absolute Gasteiger partial charge is 0.496 e. The van der Waals surface area contributed by atoms with E-state index in [1.54, 1.807) is 29.6 Å². The highest BCUT2D eigenvalue weighted by Crippen LogP contribution is 2.21. The van der Waals surface area contributed by atoms with Crippen LogP contribution in [0.4, 0.5) is 5.13 Å². The van der Waals surface area contributed by atoms with E-state index in [1.807, 2.05) is 0 Å². The summed E-state index contributed by atoms with van der Waals surface area (Å²) >= 11 is 1.18. The molecule has 0 radical (unpaired) electrons. The Hall–Kier alpha value is -2.41. The van der Waals surface area contributed by atoms with Gasteiger partial charge in [0.25, 0.3) is 5.91 Å². The first kappa shape index (κ1) is 14.0. The van der Waals surface area contributed by atoms with Crippen LogP contribution in [0.3, 0.4) is 0 Å². The summed E-state index contributed by atoms with van der Waals surface area (Å²) in [6.45, 7) is 0. The lowest BCUT2D eigenvalue weighted by Gasteiger charge is -2.06. The maximum atomic E-state index is 12.1. The minimum absolute atomic E-state index is 0.166. The zero-order valence-corrected chi connectivity index (χ0v) is 11.4. The van der Waals surface area contributed by atoms with Crippen LogP contribution in [0.1, 0.15) is 16.1 Å². The van der Waals surface area contributed by atoms with Crippen molar-refractivity contribution in [1.29, 1.82) is 0 Å².